The van der Waals surface area contributed by atoms with Crippen LogP contribution in [0.2, 0.25) is 0 Å². The number of nitrogens with zero attached hydrogens (tertiary/aromatic N) is 1. The number of thiazole rings is 1. The molecule has 2 rings (SSSR count). The number of aliphatic carboxylic acids is 1. The number of carboxylic acids is 1. The average Bonchev–Trinajstić information content (AvgIpc) is 2.77. The lowest BCUT2D eigenvalue weighted by molar-refractivity contribution is -0.137. The summed E-state index contributed by atoms with van der Waals surface area (Å²) in [4.78, 5) is 14.8. The molecule has 0 radical (unpaired) electrons. The number of nitrogens with two attached hydrogens (primary N) is 1. The second-order valence-corrected chi connectivity index (χ2v) is 4.65. The Bertz CT molecular complexity index is 571. The minimum Gasteiger partial charge on any atom is -0.481 e. The molecule has 1 heterocycles. The molecule has 0 bridgehead atoms. The molecule has 1 aromatic carbocycles. The molecule has 6 heteroatoms. The summed E-state index contributed by atoms with van der Waals surface area (Å²) in [5, 5.41) is 11.0. The maximum atomic E-state index is 13.1. The maximum absolute atomic E-state index is 13.1. The monoisotopic (exact) mass is 266 g/mol. The summed E-state index contributed by atoms with van der Waals surface area (Å²) in [7, 11) is 0. The van der Waals surface area contributed by atoms with Crippen molar-refractivity contribution in [1.82, 2.24) is 4.98 Å². The van der Waals surface area contributed by atoms with Crippen LogP contribution in [-0.4, -0.2) is 16.1 Å². The van der Waals surface area contributed by atoms with Gasteiger partial charge in [0.25, 0.3) is 0 Å². The van der Waals surface area contributed by atoms with Crippen LogP contribution in [0, 0.1) is 5.82 Å². The fraction of sp³-hybridized carbons (Fsp3) is 0.167. The third kappa shape index (κ3) is 2.91. The first-order chi connectivity index (χ1) is 8.56. The van der Waals surface area contributed by atoms with E-state index in [0.29, 0.717) is 16.3 Å². The highest BCUT2D eigenvalue weighted by Crippen LogP contribution is 2.26. The number of carbonyl (C=O) groups is 1. The molecule has 1 aromatic heterocycles. The van der Waals surface area contributed by atoms with Crippen LogP contribution in [0.1, 0.15) is 18.2 Å². The van der Waals surface area contributed by atoms with E-state index < -0.39 is 12.0 Å². The molecule has 0 spiro atoms. The smallest absolute Gasteiger partial charge is 0.305 e. The van der Waals surface area contributed by atoms with Crippen LogP contribution in [0.25, 0.3) is 10.6 Å². The topological polar surface area (TPSA) is 76.2 Å². The van der Waals surface area contributed by atoms with Crippen molar-refractivity contribution in [2.75, 3.05) is 0 Å². The van der Waals surface area contributed by atoms with Crippen LogP contribution in [0.15, 0.2) is 29.6 Å². The Morgan fingerprint density at radius 3 is 3.00 bits per heavy atom. The Morgan fingerprint density at radius 2 is 2.33 bits per heavy atom. The van der Waals surface area contributed by atoms with Crippen LogP contribution in [-0.2, 0) is 4.79 Å². The van der Waals surface area contributed by atoms with E-state index in [1.165, 1.54) is 23.5 Å². The number of rotatable bonds is 4. The summed E-state index contributed by atoms with van der Waals surface area (Å²) in [6.45, 7) is 0. The van der Waals surface area contributed by atoms with E-state index in [2.05, 4.69) is 4.98 Å². The van der Waals surface area contributed by atoms with Gasteiger partial charge in [-0.05, 0) is 12.1 Å². The van der Waals surface area contributed by atoms with Crippen molar-refractivity contribution in [2.24, 2.45) is 5.73 Å². The number of halogens is 1. The lowest BCUT2D eigenvalue weighted by Gasteiger charge is -2.04. The number of benzene rings is 1. The fourth-order valence-electron chi connectivity index (χ4n) is 1.50. The minimum absolute atomic E-state index is 0.174. The number of hydrogen-bond acceptors (Lipinski definition) is 4. The van der Waals surface area contributed by atoms with Gasteiger partial charge in [-0.2, -0.15) is 0 Å². The van der Waals surface area contributed by atoms with Gasteiger partial charge in [-0.15, -0.1) is 11.3 Å². The Morgan fingerprint density at radius 1 is 1.56 bits per heavy atom. The Hall–Kier alpha value is -1.79. The summed E-state index contributed by atoms with van der Waals surface area (Å²) >= 11 is 1.32. The van der Waals surface area contributed by atoms with Crippen molar-refractivity contribution in [3.63, 3.8) is 0 Å². The summed E-state index contributed by atoms with van der Waals surface area (Å²) in [5.74, 6) is -1.30. The molecule has 0 saturated carbocycles. The normalized spacial score (nSPS) is 12.3. The van der Waals surface area contributed by atoms with Gasteiger partial charge in [0.05, 0.1) is 18.2 Å². The lowest BCUT2D eigenvalue weighted by Crippen LogP contribution is -2.15. The van der Waals surface area contributed by atoms with E-state index in [9.17, 15) is 9.18 Å². The predicted molar refractivity (Wildman–Crippen MR) is 66.7 cm³/mol. The van der Waals surface area contributed by atoms with Crippen LogP contribution in [0.4, 0.5) is 4.39 Å². The Kier molecular flexibility index (Phi) is 3.69. The first kappa shape index (κ1) is 12.7. The van der Waals surface area contributed by atoms with E-state index in [4.69, 9.17) is 10.8 Å². The van der Waals surface area contributed by atoms with Gasteiger partial charge in [0.1, 0.15) is 10.8 Å². The van der Waals surface area contributed by atoms with Gasteiger partial charge in [-0.25, -0.2) is 9.37 Å². The van der Waals surface area contributed by atoms with Gasteiger partial charge in [0, 0.05) is 10.9 Å². The molecule has 0 saturated heterocycles. The standard InChI is InChI=1S/C12H11FN2O2S/c13-8-3-1-2-7(4-8)12-15-10(6-18-12)9(14)5-11(16)17/h1-4,6,9H,5,14H2,(H,16,17). The molecule has 3 N–H and O–H groups in total. The number of aromatic nitrogens is 1. The molecule has 2 aromatic rings. The van der Waals surface area contributed by atoms with Gasteiger partial charge in [0.2, 0.25) is 0 Å². The first-order valence-electron chi connectivity index (χ1n) is 5.25. The first-order valence-corrected chi connectivity index (χ1v) is 6.13. The maximum Gasteiger partial charge on any atom is 0.305 e. The van der Waals surface area contributed by atoms with Crippen LogP contribution >= 0.6 is 11.3 Å². The van der Waals surface area contributed by atoms with Gasteiger partial charge < -0.3 is 10.8 Å². The highest BCUT2D eigenvalue weighted by Gasteiger charge is 2.14. The van der Waals surface area contributed by atoms with Crippen LogP contribution in [0.5, 0.6) is 0 Å². The molecular weight excluding hydrogens is 255 g/mol. The van der Waals surface area contributed by atoms with Gasteiger partial charge in [0.15, 0.2) is 0 Å². The van der Waals surface area contributed by atoms with Crippen molar-refractivity contribution < 1.29 is 14.3 Å². The molecule has 0 amide bonds. The molecule has 1 unspecified atom stereocenters. The zero-order valence-corrected chi connectivity index (χ0v) is 10.2. The number of carboxylic acid groups (broad SMARTS) is 1. The molecule has 1 atom stereocenters. The van der Waals surface area contributed by atoms with Crippen molar-refractivity contribution in [1.29, 1.82) is 0 Å². The molecule has 4 nitrogen and oxygen atoms in total. The zero-order chi connectivity index (χ0) is 13.1. The summed E-state index contributed by atoms with van der Waals surface area (Å²) < 4.78 is 13.1. The summed E-state index contributed by atoms with van der Waals surface area (Å²) in [5.41, 5.74) is 6.88. The quantitative estimate of drug-likeness (QED) is 0.891. The molecule has 94 valence electrons. The third-order valence-electron chi connectivity index (χ3n) is 2.37. The van der Waals surface area contributed by atoms with E-state index >= 15 is 0 Å². The predicted octanol–water partition coefficient (Wildman–Crippen LogP) is 2.42. The molecule has 0 fully saturated rings. The second-order valence-electron chi connectivity index (χ2n) is 3.79. The molecule has 0 aliphatic heterocycles. The van der Waals surface area contributed by atoms with Crippen LogP contribution in [0.3, 0.4) is 0 Å². The van der Waals surface area contributed by atoms with Crippen molar-refractivity contribution in [3.8, 4) is 10.6 Å². The average molecular weight is 266 g/mol. The highest BCUT2D eigenvalue weighted by molar-refractivity contribution is 7.13. The van der Waals surface area contributed by atoms with Gasteiger partial charge in [-0.1, -0.05) is 12.1 Å². The van der Waals surface area contributed by atoms with Gasteiger partial charge in [-0.3, -0.25) is 4.79 Å². The molecule has 0 aliphatic carbocycles. The largest absolute Gasteiger partial charge is 0.481 e. The zero-order valence-electron chi connectivity index (χ0n) is 9.34. The van der Waals surface area contributed by atoms with E-state index in [1.54, 1.807) is 17.5 Å². The van der Waals surface area contributed by atoms with Gasteiger partial charge >= 0.3 is 5.97 Å². The highest BCUT2D eigenvalue weighted by atomic mass is 32.1. The second kappa shape index (κ2) is 5.24. The Balaban J connectivity index is 2.22. The lowest BCUT2D eigenvalue weighted by atomic mass is 10.2. The Labute approximate surface area is 107 Å². The van der Waals surface area contributed by atoms with Crippen molar-refractivity contribution in [3.05, 3.63) is 41.2 Å². The molecule has 0 aliphatic rings. The summed E-state index contributed by atoms with van der Waals surface area (Å²) in [6.07, 6.45) is -0.174. The van der Waals surface area contributed by atoms with E-state index in [-0.39, 0.29) is 12.2 Å². The van der Waals surface area contributed by atoms with Crippen molar-refractivity contribution in [2.45, 2.75) is 12.5 Å². The summed E-state index contributed by atoms with van der Waals surface area (Å²) in [6, 6.07) is 5.44. The molecule has 18 heavy (non-hydrogen) atoms. The number of hydrogen-bond donors (Lipinski definition) is 2. The SMILES string of the molecule is NC(CC(=O)O)c1csc(-c2cccc(F)c2)n1. The van der Waals surface area contributed by atoms with Crippen molar-refractivity contribution >= 4 is 17.3 Å². The van der Waals surface area contributed by atoms with Crippen LogP contribution < -0.4 is 5.73 Å². The van der Waals surface area contributed by atoms with E-state index in [0.717, 1.165) is 0 Å². The minimum atomic E-state index is -0.970. The fourth-order valence-corrected chi connectivity index (χ4v) is 2.38. The molecular formula is C12H11FN2O2S. The van der Waals surface area contributed by atoms with E-state index in [1.807, 2.05) is 0 Å². The third-order valence-corrected chi connectivity index (χ3v) is 3.28.